The summed E-state index contributed by atoms with van der Waals surface area (Å²) in [5.74, 6) is 0.440. The third kappa shape index (κ3) is 1.95. The Balaban J connectivity index is 2.14. The summed E-state index contributed by atoms with van der Waals surface area (Å²) in [6.45, 7) is 0. The lowest BCUT2D eigenvalue weighted by Gasteiger charge is -2.22. The molecule has 0 spiro atoms. The van der Waals surface area contributed by atoms with Crippen LogP contribution in [0.1, 0.15) is 24.7 Å². The van der Waals surface area contributed by atoms with Crippen molar-refractivity contribution in [2.45, 2.75) is 25.3 Å². The van der Waals surface area contributed by atoms with Crippen molar-refractivity contribution in [3.8, 4) is 17.1 Å². The third-order valence-corrected chi connectivity index (χ3v) is 3.35. The maximum atomic E-state index is 11.3. The fourth-order valence-corrected chi connectivity index (χ4v) is 2.48. The molecule has 1 aliphatic rings. The van der Waals surface area contributed by atoms with E-state index < -0.39 is 12.0 Å². The minimum absolute atomic E-state index is 0.123. The van der Waals surface area contributed by atoms with Crippen molar-refractivity contribution < 1.29 is 15.0 Å². The number of carbonyl (C=O) groups is 1. The zero-order valence-corrected chi connectivity index (χ0v) is 10.2. The van der Waals surface area contributed by atoms with E-state index in [9.17, 15) is 15.0 Å². The summed E-state index contributed by atoms with van der Waals surface area (Å²) in [5, 5.41) is 27.0. The van der Waals surface area contributed by atoms with Crippen molar-refractivity contribution in [3.05, 3.63) is 30.1 Å². The number of carboxylic acid groups (broad SMARTS) is 1. The Labute approximate surface area is 109 Å². The first-order chi connectivity index (χ1) is 9.16. The topological polar surface area (TPSA) is 88.2 Å². The van der Waals surface area contributed by atoms with Crippen molar-refractivity contribution in [3.63, 3.8) is 0 Å². The van der Waals surface area contributed by atoms with E-state index in [2.05, 4.69) is 10.2 Å². The van der Waals surface area contributed by atoms with Crippen LogP contribution < -0.4 is 0 Å². The standard InChI is InChI=1S/C13H13N3O3/c17-9-4-1-3-8(7-9)12-15-14-11-6-2-5-10(13(18)19)16(11)12/h1,3-4,7,10,17H,2,5-6H2,(H,18,19). The summed E-state index contributed by atoms with van der Waals surface area (Å²) in [5.41, 5.74) is 0.673. The number of benzene rings is 1. The van der Waals surface area contributed by atoms with Crippen LogP contribution in [-0.2, 0) is 11.2 Å². The first-order valence-corrected chi connectivity index (χ1v) is 6.13. The summed E-state index contributed by atoms with van der Waals surface area (Å²) in [4.78, 5) is 11.3. The number of aromatic hydroxyl groups is 1. The number of phenols is 1. The molecule has 3 rings (SSSR count). The van der Waals surface area contributed by atoms with Crippen molar-refractivity contribution in [2.75, 3.05) is 0 Å². The summed E-state index contributed by atoms with van der Waals surface area (Å²) in [6.07, 6.45) is 2.11. The molecule has 2 N–H and O–H groups in total. The molecule has 0 fully saturated rings. The molecule has 1 aliphatic heterocycles. The van der Waals surface area contributed by atoms with E-state index in [1.807, 2.05) is 0 Å². The van der Waals surface area contributed by atoms with Gasteiger partial charge in [0.05, 0.1) is 0 Å². The zero-order chi connectivity index (χ0) is 13.4. The molecule has 0 aliphatic carbocycles. The highest BCUT2D eigenvalue weighted by Gasteiger charge is 2.30. The van der Waals surface area contributed by atoms with E-state index >= 15 is 0 Å². The van der Waals surface area contributed by atoms with E-state index in [1.54, 1.807) is 28.8 Å². The molecule has 0 amide bonds. The summed E-state index contributed by atoms with van der Waals surface area (Å²) < 4.78 is 1.67. The van der Waals surface area contributed by atoms with Crippen LogP contribution in [0.3, 0.4) is 0 Å². The Morgan fingerprint density at radius 3 is 2.95 bits per heavy atom. The minimum Gasteiger partial charge on any atom is -0.508 e. The molecule has 0 saturated carbocycles. The van der Waals surface area contributed by atoms with Gasteiger partial charge in [-0.25, -0.2) is 4.79 Å². The van der Waals surface area contributed by atoms with Crippen LogP contribution in [0, 0.1) is 0 Å². The normalized spacial score (nSPS) is 18.0. The Morgan fingerprint density at radius 1 is 1.37 bits per heavy atom. The third-order valence-electron chi connectivity index (χ3n) is 3.35. The van der Waals surface area contributed by atoms with Crippen LogP contribution in [0.4, 0.5) is 0 Å². The predicted molar refractivity (Wildman–Crippen MR) is 66.7 cm³/mol. The molecule has 19 heavy (non-hydrogen) atoms. The molecule has 6 heteroatoms. The number of aromatic nitrogens is 3. The summed E-state index contributed by atoms with van der Waals surface area (Å²) >= 11 is 0. The average molecular weight is 259 g/mol. The monoisotopic (exact) mass is 259 g/mol. The Kier molecular flexibility index (Phi) is 2.70. The van der Waals surface area contributed by atoms with Crippen molar-refractivity contribution in [1.29, 1.82) is 0 Å². The maximum Gasteiger partial charge on any atom is 0.326 e. The molecule has 2 heterocycles. The fourth-order valence-electron chi connectivity index (χ4n) is 2.48. The molecule has 98 valence electrons. The number of rotatable bonds is 2. The molecule has 2 aromatic rings. The number of carboxylic acids is 1. The number of nitrogens with zero attached hydrogens (tertiary/aromatic N) is 3. The number of phenolic OH excluding ortho intramolecular Hbond substituents is 1. The second-order valence-electron chi connectivity index (χ2n) is 4.61. The van der Waals surface area contributed by atoms with E-state index in [1.165, 1.54) is 0 Å². The van der Waals surface area contributed by atoms with Gasteiger partial charge in [-0.3, -0.25) is 4.57 Å². The van der Waals surface area contributed by atoms with Crippen molar-refractivity contribution in [2.24, 2.45) is 0 Å². The first-order valence-electron chi connectivity index (χ1n) is 6.13. The quantitative estimate of drug-likeness (QED) is 0.855. The van der Waals surface area contributed by atoms with Gasteiger partial charge in [0.15, 0.2) is 5.82 Å². The second-order valence-corrected chi connectivity index (χ2v) is 4.61. The SMILES string of the molecule is O=C(O)C1CCCc2nnc(-c3cccc(O)c3)n21. The second kappa shape index (κ2) is 4.38. The molecule has 0 radical (unpaired) electrons. The molecule has 0 saturated heterocycles. The molecular formula is C13H13N3O3. The van der Waals surface area contributed by atoms with Crippen LogP contribution in [0.2, 0.25) is 0 Å². The van der Waals surface area contributed by atoms with Gasteiger partial charge >= 0.3 is 5.97 Å². The van der Waals surface area contributed by atoms with Crippen LogP contribution in [0.5, 0.6) is 5.75 Å². The largest absolute Gasteiger partial charge is 0.508 e. The number of hydrogen-bond acceptors (Lipinski definition) is 4. The lowest BCUT2D eigenvalue weighted by molar-refractivity contribution is -0.141. The van der Waals surface area contributed by atoms with E-state index in [0.717, 1.165) is 12.8 Å². The van der Waals surface area contributed by atoms with E-state index in [4.69, 9.17) is 0 Å². The van der Waals surface area contributed by atoms with E-state index in [0.29, 0.717) is 23.6 Å². The zero-order valence-electron chi connectivity index (χ0n) is 10.2. The molecule has 6 nitrogen and oxygen atoms in total. The number of aliphatic carboxylic acids is 1. The van der Waals surface area contributed by atoms with Gasteiger partial charge in [0.1, 0.15) is 17.6 Å². The average Bonchev–Trinajstić information content (AvgIpc) is 2.82. The lowest BCUT2D eigenvalue weighted by Crippen LogP contribution is -2.25. The van der Waals surface area contributed by atoms with Crippen LogP contribution in [0.15, 0.2) is 24.3 Å². The van der Waals surface area contributed by atoms with Gasteiger partial charge in [-0.1, -0.05) is 12.1 Å². The highest BCUT2D eigenvalue weighted by Crippen LogP contribution is 2.31. The van der Waals surface area contributed by atoms with Crippen LogP contribution >= 0.6 is 0 Å². The molecule has 1 atom stereocenters. The lowest BCUT2D eigenvalue weighted by atomic mass is 10.0. The van der Waals surface area contributed by atoms with Gasteiger partial charge in [0.2, 0.25) is 0 Å². The minimum atomic E-state index is -0.873. The molecular weight excluding hydrogens is 246 g/mol. The summed E-state index contributed by atoms with van der Waals surface area (Å²) in [6, 6.07) is 5.97. The Morgan fingerprint density at radius 2 is 2.21 bits per heavy atom. The van der Waals surface area contributed by atoms with Gasteiger partial charge in [0.25, 0.3) is 0 Å². The molecule has 1 aromatic carbocycles. The predicted octanol–water partition coefficient (Wildman–Crippen LogP) is 1.61. The number of fused-ring (bicyclic) bond motifs is 1. The van der Waals surface area contributed by atoms with Crippen molar-refractivity contribution in [1.82, 2.24) is 14.8 Å². The highest BCUT2D eigenvalue weighted by molar-refractivity contribution is 5.73. The summed E-state index contributed by atoms with van der Waals surface area (Å²) in [7, 11) is 0. The Hall–Kier alpha value is -2.37. The molecule has 1 unspecified atom stereocenters. The van der Waals surface area contributed by atoms with Gasteiger partial charge in [-0.15, -0.1) is 10.2 Å². The molecule has 0 bridgehead atoms. The van der Waals surface area contributed by atoms with Crippen molar-refractivity contribution >= 4 is 5.97 Å². The fraction of sp³-hybridized carbons (Fsp3) is 0.308. The van der Waals surface area contributed by atoms with Gasteiger partial charge in [0, 0.05) is 12.0 Å². The van der Waals surface area contributed by atoms with Crippen LogP contribution in [0.25, 0.3) is 11.4 Å². The van der Waals surface area contributed by atoms with E-state index in [-0.39, 0.29) is 5.75 Å². The first kappa shape index (κ1) is 11.7. The smallest absolute Gasteiger partial charge is 0.326 e. The highest BCUT2D eigenvalue weighted by atomic mass is 16.4. The van der Waals surface area contributed by atoms with Gasteiger partial charge < -0.3 is 10.2 Å². The van der Waals surface area contributed by atoms with Gasteiger partial charge in [-0.05, 0) is 25.0 Å². The maximum absolute atomic E-state index is 11.3. The Bertz CT molecular complexity index is 636. The van der Waals surface area contributed by atoms with Crippen LogP contribution in [-0.4, -0.2) is 30.9 Å². The molecule has 1 aromatic heterocycles. The number of hydrogen-bond donors (Lipinski definition) is 2. The van der Waals surface area contributed by atoms with Gasteiger partial charge in [-0.2, -0.15) is 0 Å². The number of aryl methyl sites for hydroxylation is 1.